The molecule has 0 bridgehead atoms. The number of rotatable bonds is 6. The van der Waals surface area contributed by atoms with E-state index in [1.54, 1.807) is 17.2 Å². The lowest BCUT2D eigenvalue weighted by molar-refractivity contribution is 0.143. The molecule has 1 fully saturated rings. The molecule has 0 radical (unpaired) electrons. The average molecular weight is 500 g/mol. The zero-order valence-electron chi connectivity index (χ0n) is 17.4. The summed E-state index contributed by atoms with van der Waals surface area (Å²) in [6.07, 6.45) is 8.42. The topological polar surface area (TPSA) is 83.3 Å². The van der Waals surface area contributed by atoms with E-state index in [-0.39, 0.29) is 24.0 Å². The van der Waals surface area contributed by atoms with Crippen LogP contribution in [0, 0.1) is 5.41 Å². The molecule has 2 aromatic heterocycles. The van der Waals surface area contributed by atoms with Crippen LogP contribution in [0.25, 0.3) is 11.0 Å². The summed E-state index contributed by atoms with van der Waals surface area (Å²) in [5.74, 6) is 1.81. The van der Waals surface area contributed by atoms with E-state index < -0.39 is 0 Å². The lowest BCUT2D eigenvalue weighted by Crippen LogP contribution is -2.50. The molecular formula is C19H33IN8. The number of aliphatic imine (C=N–C) groups is 1. The molecule has 156 valence electrons. The Hall–Kier alpha value is -1.65. The first kappa shape index (κ1) is 22.6. The van der Waals surface area contributed by atoms with Crippen molar-refractivity contribution in [3.63, 3.8) is 0 Å². The highest BCUT2D eigenvalue weighted by Gasteiger charge is 2.31. The van der Waals surface area contributed by atoms with E-state index in [4.69, 9.17) is 0 Å². The number of hydrogen-bond acceptors (Lipinski definition) is 5. The third-order valence-electron chi connectivity index (χ3n) is 5.38. The minimum Gasteiger partial charge on any atom is -0.368 e. The van der Waals surface area contributed by atoms with Gasteiger partial charge in [0.1, 0.15) is 12.1 Å². The van der Waals surface area contributed by atoms with Gasteiger partial charge in [0.25, 0.3) is 0 Å². The number of aromatic nitrogens is 4. The molecule has 0 spiro atoms. The molecule has 28 heavy (non-hydrogen) atoms. The quantitative estimate of drug-likeness (QED) is 0.275. The standard InChI is InChI=1S/C19H32N8.HI/c1-5-7-19(2)8-6-11-27(13-19)18(20-3)22-10-9-21-16-15-12-25-26(4)17(15)24-14-23-16;/h12,14H,5-11,13H2,1-4H3,(H,20,22)(H,21,23,24);1H. The van der Waals surface area contributed by atoms with E-state index in [1.165, 1.54) is 25.7 Å². The third kappa shape index (κ3) is 5.24. The van der Waals surface area contributed by atoms with Gasteiger partial charge in [-0.25, -0.2) is 9.97 Å². The number of aryl methyl sites for hydroxylation is 1. The summed E-state index contributed by atoms with van der Waals surface area (Å²) in [4.78, 5) is 15.5. The SMILES string of the molecule is CCCC1(C)CCCN(C(=NC)NCCNc2ncnc3c2cnn3C)C1.I. The molecule has 3 heterocycles. The van der Waals surface area contributed by atoms with Crippen LogP contribution in [0.1, 0.15) is 39.5 Å². The summed E-state index contributed by atoms with van der Waals surface area (Å²) in [6, 6.07) is 0. The number of piperidine rings is 1. The second-order valence-electron chi connectivity index (χ2n) is 7.71. The van der Waals surface area contributed by atoms with Crippen molar-refractivity contribution < 1.29 is 0 Å². The fourth-order valence-corrected chi connectivity index (χ4v) is 4.09. The summed E-state index contributed by atoms with van der Waals surface area (Å²) in [5.41, 5.74) is 1.23. The maximum atomic E-state index is 4.50. The van der Waals surface area contributed by atoms with Crippen LogP contribution in [0.5, 0.6) is 0 Å². The van der Waals surface area contributed by atoms with Crippen molar-refractivity contribution in [3.8, 4) is 0 Å². The van der Waals surface area contributed by atoms with Gasteiger partial charge in [-0.3, -0.25) is 9.67 Å². The number of likely N-dealkylation sites (tertiary alicyclic amines) is 1. The summed E-state index contributed by atoms with van der Waals surface area (Å²) < 4.78 is 1.76. The lowest BCUT2D eigenvalue weighted by Gasteiger charge is -2.42. The first-order valence-corrected chi connectivity index (χ1v) is 9.88. The Labute approximate surface area is 184 Å². The molecule has 3 rings (SSSR count). The van der Waals surface area contributed by atoms with E-state index in [1.807, 2.05) is 14.1 Å². The Morgan fingerprint density at radius 3 is 2.89 bits per heavy atom. The van der Waals surface area contributed by atoms with Gasteiger partial charge < -0.3 is 15.5 Å². The molecule has 0 aromatic carbocycles. The van der Waals surface area contributed by atoms with E-state index in [9.17, 15) is 0 Å². The van der Waals surface area contributed by atoms with Crippen molar-refractivity contribution in [1.82, 2.24) is 30.0 Å². The summed E-state index contributed by atoms with van der Waals surface area (Å²) in [5, 5.41) is 12.1. The first-order chi connectivity index (χ1) is 13.1. The molecular weight excluding hydrogens is 467 g/mol. The van der Waals surface area contributed by atoms with Crippen molar-refractivity contribution in [2.75, 3.05) is 38.5 Å². The number of fused-ring (bicyclic) bond motifs is 1. The van der Waals surface area contributed by atoms with Gasteiger partial charge in [0.15, 0.2) is 11.6 Å². The predicted octanol–water partition coefficient (Wildman–Crippen LogP) is 2.87. The van der Waals surface area contributed by atoms with Crippen molar-refractivity contribution >= 4 is 46.8 Å². The van der Waals surface area contributed by atoms with Gasteiger partial charge in [-0.15, -0.1) is 24.0 Å². The van der Waals surface area contributed by atoms with Gasteiger partial charge in [0, 0.05) is 40.3 Å². The van der Waals surface area contributed by atoms with Crippen molar-refractivity contribution in [1.29, 1.82) is 0 Å². The van der Waals surface area contributed by atoms with E-state index in [2.05, 4.69) is 49.4 Å². The summed E-state index contributed by atoms with van der Waals surface area (Å²) in [7, 11) is 3.75. The van der Waals surface area contributed by atoms with Gasteiger partial charge in [0.2, 0.25) is 0 Å². The van der Waals surface area contributed by atoms with Crippen LogP contribution in [-0.4, -0.2) is 63.8 Å². The van der Waals surface area contributed by atoms with Crippen LogP contribution in [0.15, 0.2) is 17.5 Å². The Morgan fingerprint density at radius 2 is 2.14 bits per heavy atom. The molecule has 0 aliphatic carbocycles. The molecule has 2 N–H and O–H groups in total. The van der Waals surface area contributed by atoms with Gasteiger partial charge in [-0.2, -0.15) is 5.10 Å². The second kappa shape index (κ2) is 10.2. The van der Waals surface area contributed by atoms with Gasteiger partial charge in [-0.05, 0) is 24.7 Å². The largest absolute Gasteiger partial charge is 0.368 e. The maximum Gasteiger partial charge on any atom is 0.193 e. The molecule has 2 aromatic rings. The van der Waals surface area contributed by atoms with Crippen LogP contribution in [0.4, 0.5) is 5.82 Å². The summed E-state index contributed by atoms with van der Waals surface area (Å²) >= 11 is 0. The van der Waals surface area contributed by atoms with Crippen molar-refractivity contribution in [2.45, 2.75) is 39.5 Å². The van der Waals surface area contributed by atoms with Crippen LogP contribution in [0.3, 0.4) is 0 Å². The van der Waals surface area contributed by atoms with E-state index >= 15 is 0 Å². The third-order valence-corrected chi connectivity index (χ3v) is 5.38. The molecule has 9 heteroatoms. The molecule has 1 unspecified atom stereocenters. The Balaban J connectivity index is 0.00000280. The highest BCUT2D eigenvalue weighted by molar-refractivity contribution is 14.0. The highest BCUT2D eigenvalue weighted by atomic mass is 127. The van der Waals surface area contributed by atoms with Crippen LogP contribution < -0.4 is 10.6 Å². The molecule has 1 aliphatic heterocycles. The normalized spacial score (nSPS) is 20.1. The number of guanidine groups is 1. The second-order valence-corrected chi connectivity index (χ2v) is 7.71. The van der Waals surface area contributed by atoms with Crippen molar-refractivity contribution in [3.05, 3.63) is 12.5 Å². The van der Waals surface area contributed by atoms with Gasteiger partial charge in [-0.1, -0.05) is 20.3 Å². The zero-order chi connectivity index (χ0) is 19.3. The summed E-state index contributed by atoms with van der Waals surface area (Å²) in [6.45, 7) is 8.37. The van der Waals surface area contributed by atoms with Crippen LogP contribution in [-0.2, 0) is 7.05 Å². The molecule has 8 nitrogen and oxygen atoms in total. The van der Waals surface area contributed by atoms with Gasteiger partial charge in [0.05, 0.1) is 11.6 Å². The number of halogens is 1. The Kier molecular flexibility index (Phi) is 8.26. The fourth-order valence-electron chi connectivity index (χ4n) is 4.09. The number of nitrogens with zero attached hydrogens (tertiary/aromatic N) is 6. The maximum absolute atomic E-state index is 4.50. The average Bonchev–Trinajstić information content (AvgIpc) is 3.04. The number of nitrogens with one attached hydrogen (secondary N) is 2. The molecule has 0 saturated carbocycles. The molecule has 0 amide bonds. The van der Waals surface area contributed by atoms with Gasteiger partial charge >= 0.3 is 0 Å². The van der Waals surface area contributed by atoms with E-state index in [0.29, 0.717) is 5.41 Å². The van der Waals surface area contributed by atoms with Crippen LogP contribution >= 0.6 is 24.0 Å². The minimum absolute atomic E-state index is 0. The van der Waals surface area contributed by atoms with Crippen molar-refractivity contribution in [2.24, 2.45) is 17.5 Å². The lowest BCUT2D eigenvalue weighted by atomic mass is 9.78. The zero-order valence-corrected chi connectivity index (χ0v) is 19.7. The minimum atomic E-state index is 0. The highest BCUT2D eigenvalue weighted by Crippen LogP contribution is 2.33. The predicted molar refractivity (Wildman–Crippen MR) is 125 cm³/mol. The van der Waals surface area contributed by atoms with Crippen LogP contribution in [0.2, 0.25) is 0 Å². The fraction of sp³-hybridized carbons (Fsp3) is 0.684. The molecule has 1 aliphatic rings. The Morgan fingerprint density at radius 1 is 1.32 bits per heavy atom. The smallest absolute Gasteiger partial charge is 0.193 e. The first-order valence-electron chi connectivity index (χ1n) is 9.88. The molecule has 1 atom stereocenters. The van der Waals surface area contributed by atoms with E-state index in [0.717, 1.165) is 49.0 Å². The monoisotopic (exact) mass is 500 g/mol. The Bertz CT molecular complexity index is 785. The number of hydrogen-bond donors (Lipinski definition) is 2. The number of anilines is 1. The molecule has 1 saturated heterocycles.